The van der Waals surface area contributed by atoms with E-state index in [-0.39, 0.29) is 5.75 Å². The van der Waals surface area contributed by atoms with E-state index in [4.69, 9.17) is 9.63 Å². The van der Waals surface area contributed by atoms with Crippen LogP contribution in [0.5, 0.6) is 0 Å². The summed E-state index contributed by atoms with van der Waals surface area (Å²) in [7, 11) is 1.71. The number of thioether (sulfide) groups is 1. The molecular weight excluding hydrogens is 244 g/mol. The van der Waals surface area contributed by atoms with Crippen LogP contribution in [0.25, 0.3) is 11.4 Å². The maximum Gasteiger partial charge on any atom is 0.313 e. The van der Waals surface area contributed by atoms with E-state index >= 15 is 0 Å². The average Bonchev–Trinajstić information content (AvgIpc) is 2.82. The molecule has 0 fully saturated rings. The molecule has 7 nitrogen and oxygen atoms in total. The molecule has 17 heavy (non-hydrogen) atoms. The number of carboxylic acid groups (broad SMARTS) is 1. The van der Waals surface area contributed by atoms with Gasteiger partial charge in [-0.15, -0.1) is 0 Å². The fraction of sp³-hybridized carbons (Fsp3) is 0.333. The summed E-state index contributed by atoms with van der Waals surface area (Å²) in [5.41, 5.74) is 0.711. The number of carbonyl (C=O) groups is 1. The fourth-order valence-electron chi connectivity index (χ4n) is 1.25. The molecule has 0 saturated carbocycles. The first-order valence-corrected chi connectivity index (χ1v) is 5.73. The van der Waals surface area contributed by atoms with Gasteiger partial charge in [0.1, 0.15) is 5.76 Å². The van der Waals surface area contributed by atoms with Gasteiger partial charge in [-0.3, -0.25) is 4.79 Å². The van der Waals surface area contributed by atoms with Crippen LogP contribution in [0.3, 0.4) is 0 Å². The van der Waals surface area contributed by atoms with Crippen LogP contribution in [0.1, 0.15) is 5.76 Å². The Kier molecular flexibility index (Phi) is 3.14. The minimum atomic E-state index is -0.888. The maximum absolute atomic E-state index is 10.5. The van der Waals surface area contributed by atoms with Crippen molar-refractivity contribution in [1.82, 2.24) is 19.9 Å². The number of aryl methyl sites for hydroxylation is 2. The molecule has 0 spiro atoms. The lowest BCUT2D eigenvalue weighted by Crippen LogP contribution is -2.00. The van der Waals surface area contributed by atoms with Gasteiger partial charge in [0.25, 0.3) is 0 Å². The molecule has 0 unspecified atom stereocenters. The van der Waals surface area contributed by atoms with Gasteiger partial charge in [0, 0.05) is 7.05 Å². The molecular formula is C9H10N4O3S. The molecule has 0 bridgehead atoms. The molecule has 2 aromatic heterocycles. The second kappa shape index (κ2) is 4.58. The van der Waals surface area contributed by atoms with Crippen LogP contribution in [-0.2, 0) is 11.8 Å². The molecule has 0 radical (unpaired) electrons. The zero-order chi connectivity index (χ0) is 12.4. The number of hydrogen-bond acceptors (Lipinski definition) is 6. The summed E-state index contributed by atoms with van der Waals surface area (Å²) >= 11 is 1.12. The van der Waals surface area contributed by atoms with Crippen molar-refractivity contribution >= 4 is 17.7 Å². The van der Waals surface area contributed by atoms with Crippen molar-refractivity contribution in [3.8, 4) is 11.4 Å². The summed E-state index contributed by atoms with van der Waals surface area (Å²) in [5, 5.41) is 17.0. The van der Waals surface area contributed by atoms with Crippen molar-refractivity contribution in [2.24, 2.45) is 7.05 Å². The molecule has 0 amide bonds. The summed E-state index contributed by atoms with van der Waals surface area (Å²) in [6.07, 6.45) is 1.54. The normalized spacial score (nSPS) is 10.7. The van der Waals surface area contributed by atoms with Crippen molar-refractivity contribution in [1.29, 1.82) is 0 Å². The summed E-state index contributed by atoms with van der Waals surface area (Å²) in [6.45, 7) is 1.77. The fourth-order valence-corrected chi connectivity index (χ4v) is 1.88. The van der Waals surface area contributed by atoms with Gasteiger partial charge in [0.2, 0.25) is 0 Å². The molecule has 8 heteroatoms. The first-order valence-electron chi connectivity index (χ1n) is 4.75. The van der Waals surface area contributed by atoms with Crippen molar-refractivity contribution in [3.63, 3.8) is 0 Å². The van der Waals surface area contributed by atoms with E-state index in [9.17, 15) is 4.79 Å². The van der Waals surface area contributed by atoms with E-state index in [1.807, 2.05) is 0 Å². The van der Waals surface area contributed by atoms with Crippen LogP contribution in [0.15, 0.2) is 15.9 Å². The monoisotopic (exact) mass is 254 g/mol. The predicted octanol–water partition coefficient (Wildman–Crippen LogP) is 0.955. The van der Waals surface area contributed by atoms with Crippen molar-refractivity contribution < 1.29 is 14.4 Å². The van der Waals surface area contributed by atoms with Gasteiger partial charge < -0.3 is 9.63 Å². The molecule has 0 aliphatic carbocycles. The number of nitrogens with zero attached hydrogens (tertiary/aromatic N) is 4. The molecule has 0 aliphatic rings. The summed E-state index contributed by atoms with van der Waals surface area (Å²) in [5.74, 6) is 0.180. The van der Waals surface area contributed by atoms with Gasteiger partial charge in [-0.25, -0.2) is 9.67 Å². The summed E-state index contributed by atoms with van der Waals surface area (Å²) in [4.78, 5) is 14.7. The molecule has 1 N–H and O–H groups in total. The number of aromatic nitrogens is 4. The first kappa shape index (κ1) is 11.6. The Hall–Kier alpha value is -1.83. The van der Waals surface area contributed by atoms with Crippen molar-refractivity contribution in [2.45, 2.75) is 12.1 Å². The van der Waals surface area contributed by atoms with Crippen molar-refractivity contribution in [3.05, 3.63) is 12.0 Å². The minimum absolute atomic E-state index is 0.0470. The number of aliphatic carboxylic acids is 1. The van der Waals surface area contributed by atoms with E-state index < -0.39 is 5.97 Å². The third-order valence-electron chi connectivity index (χ3n) is 2.04. The molecule has 0 atom stereocenters. The van der Waals surface area contributed by atoms with E-state index in [0.29, 0.717) is 22.3 Å². The topological polar surface area (TPSA) is 94.0 Å². The largest absolute Gasteiger partial charge is 0.481 e. The molecule has 0 saturated heterocycles. The van der Waals surface area contributed by atoms with Crippen LogP contribution < -0.4 is 0 Å². The standard InChI is InChI=1S/C9H10N4O3S/c1-5-6(3-10-16-5)8-11-9(13(2)12-8)17-4-7(14)15/h3H,4H2,1-2H3,(H,14,15). The van der Waals surface area contributed by atoms with Gasteiger partial charge >= 0.3 is 5.97 Å². The predicted molar refractivity (Wildman–Crippen MR) is 59.6 cm³/mol. The molecule has 0 aromatic carbocycles. The van der Waals surface area contributed by atoms with Gasteiger partial charge in [-0.05, 0) is 6.92 Å². The molecule has 2 aromatic rings. The second-order valence-electron chi connectivity index (χ2n) is 3.32. The summed E-state index contributed by atoms with van der Waals surface area (Å²) in [6, 6.07) is 0. The lowest BCUT2D eigenvalue weighted by molar-refractivity contribution is -0.133. The minimum Gasteiger partial charge on any atom is -0.481 e. The lowest BCUT2D eigenvalue weighted by atomic mass is 10.3. The highest BCUT2D eigenvalue weighted by Crippen LogP contribution is 2.22. The number of hydrogen-bond donors (Lipinski definition) is 1. The van der Waals surface area contributed by atoms with Crippen LogP contribution >= 0.6 is 11.8 Å². The second-order valence-corrected chi connectivity index (χ2v) is 4.26. The number of carboxylic acids is 1. The zero-order valence-corrected chi connectivity index (χ0v) is 10.1. The summed E-state index contributed by atoms with van der Waals surface area (Å²) < 4.78 is 6.46. The average molecular weight is 254 g/mol. The van der Waals surface area contributed by atoms with Gasteiger partial charge in [-0.2, -0.15) is 5.10 Å². The van der Waals surface area contributed by atoms with Crippen LogP contribution in [0.2, 0.25) is 0 Å². The molecule has 0 aliphatic heterocycles. The quantitative estimate of drug-likeness (QED) is 0.812. The Morgan fingerprint density at radius 2 is 2.41 bits per heavy atom. The highest BCUT2D eigenvalue weighted by Gasteiger charge is 2.15. The van der Waals surface area contributed by atoms with E-state index in [2.05, 4.69) is 15.2 Å². The Labute approximate surface area is 101 Å². The van der Waals surface area contributed by atoms with Crippen molar-refractivity contribution in [2.75, 3.05) is 5.75 Å². The van der Waals surface area contributed by atoms with E-state index in [1.54, 1.807) is 14.0 Å². The Balaban J connectivity index is 2.24. The smallest absolute Gasteiger partial charge is 0.313 e. The highest BCUT2D eigenvalue weighted by molar-refractivity contribution is 7.99. The molecule has 90 valence electrons. The number of rotatable bonds is 4. The van der Waals surface area contributed by atoms with Crippen LogP contribution in [0, 0.1) is 6.92 Å². The Morgan fingerprint density at radius 1 is 1.65 bits per heavy atom. The molecule has 2 heterocycles. The third-order valence-corrected chi connectivity index (χ3v) is 3.04. The van der Waals surface area contributed by atoms with E-state index in [1.165, 1.54) is 10.9 Å². The Morgan fingerprint density at radius 3 is 3.00 bits per heavy atom. The van der Waals surface area contributed by atoms with Crippen LogP contribution in [-0.4, -0.2) is 36.7 Å². The van der Waals surface area contributed by atoms with Gasteiger partial charge in [0.05, 0.1) is 17.5 Å². The van der Waals surface area contributed by atoms with Gasteiger partial charge in [-0.1, -0.05) is 16.9 Å². The highest BCUT2D eigenvalue weighted by atomic mass is 32.2. The van der Waals surface area contributed by atoms with E-state index in [0.717, 1.165) is 11.8 Å². The lowest BCUT2D eigenvalue weighted by Gasteiger charge is -1.94. The first-order chi connectivity index (χ1) is 8.08. The van der Waals surface area contributed by atoms with Crippen LogP contribution in [0.4, 0.5) is 0 Å². The SMILES string of the molecule is Cc1oncc1-c1nc(SCC(=O)O)n(C)n1. The Bertz CT molecular complexity index is 548. The zero-order valence-electron chi connectivity index (χ0n) is 9.25. The van der Waals surface area contributed by atoms with Gasteiger partial charge in [0.15, 0.2) is 11.0 Å². The maximum atomic E-state index is 10.5. The molecule has 2 rings (SSSR count). The third kappa shape index (κ3) is 2.47.